The molecule has 0 saturated heterocycles. The molecule has 2 atom stereocenters. The van der Waals surface area contributed by atoms with Gasteiger partial charge in [0.15, 0.2) is 0 Å². The van der Waals surface area contributed by atoms with Crippen molar-refractivity contribution in [1.29, 1.82) is 0 Å². The number of nitrogens with one attached hydrogen (secondary N) is 1. The Hall–Kier alpha value is -0.610. The first-order valence-electron chi connectivity index (χ1n) is 7.35. The molecule has 4 nitrogen and oxygen atoms in total. The van der Waals surface area contributed by atoms with Crippen LogP contribution in [0.3, 0.4) is 0 Å². The molecule has 0 aromatic rings. The molecule has 0 aliphatic heterocycles. The van der Waals surface area contributed by atoms with Crippen LogP contribution < -0.4 is 16.8 Å². The monoisotopic (exact) mass is 253 g/mol. The summed E-state index contributed by atoms with van der Waals surface area (Å²) in [6, 6.07) is 0.606. The maximum absolute atomic E-state index is 12.3. The van der Waals surface area contributed by atoms with Crippen LogP contribution in [0.15, 0.2) is 0 Å². The summed E-state index contributed by atoms with van der Waals surface area (Å²) < 4.78 is 0. The van der Waals surface area contributed by atoms with E-state index in [0.717, 1.165) is 44.9 Å². The zero-order chi connectivity index (χ0) is 13.2. The predicted molar refractivity (Wildman–Crippen MR) is 72.9 cm³/mol. The summed E-state index contributed by atoms with van der Waals surface area (Å²) in [7, 11) is 0. The Labute approximate surface area is 110 Å². The Bertz CT molecular complexity index is 299. The Kier molecular flexibility index (Phi) is 4.28. The van der Waals surface area contributed by atoms with Gasteiger partial charge < -0.3 is 16.8 Å². The largest absolute Gasteiger partial charge is 0.352 e. The van der Waals surface area contributed by atoms with Crippen LogP contribution in [0.4, 0.5) is 0 Å². The van der Waals surface area contributed by atoms with Crippen LogP contribution >= 0.6 is 0 Å². The highest BCUT2D eigenvalue weighted by molar-refractivity contribution is 5.86. The van der Waals surface area contributed by atoms with Gasteiger partial charge in [-0.15, -0.1) is 0 Å². The predicted octanol–water partition coefficient (Wildman–Crippen LogP) is 1.28. The molecule has 104 valence electrons. The first-order chi connectivity index (χ1) is 8.49. The molecule has 18 heavy (non-hydrogen) atoms. The molecule has 0 aromatic heterocycles. The van der Waals surface area contributed by atoms with Gasteiger partial charge in [0, 0.05) is 12.1 Å². The number of hydrogen-bond acceptors (Lipinski definition) is 3. The van der Waals surface area contributed by atoms with Crippen molar-refractivity contribution in [3.05, 3.63) is 0 Å². The lowest BCUT2D eigenvalue weighted by Crippen LogP contribution is -2.58. The fourth-order valence-corrected chi connectivity index (χ4v) is 3.39. The molecule has 0 spiro atoms. The Morgan fingerprint density at radius 2 is 1.89 bits per heavy atom. The lowest BCUT2D eigenvalue weighted by molar-refractivity contribution is -0.129. The zero-order valence-electron chi connectivity index (χ0n) is 11.5. The summed E-state index contributed by atoms with van der Waals surface area (Å²) >= 11 is 0. The van der Waals surface area contributed by atoms with E-state index in [1.807, 2.05) is 0 Å². The Morgan fingerprint density at radius 1 is 1.22 bits per heavy atom. The number of hydrogen-bond donors (Lipinski definition) is 3. The van der Waals surface area contributed by atoms with Crippen molar-refractivity contribution < 1.29 is 4.79 Å². The number of amides is 1. The summed E-state index contributed by atoms with van der Waals surface area (Å²) in [4.78, 5) is 12.3. The molecule has 2 aliphatic carbocycles. The van der Waals surface area contributed by atoms with E-state index in [1.54, 1.807) is 0 Å². The van der Waals surface area contributed by atoms with Gasteiger partial charge in [0.25, 0.3) is 0 Å². The van der Waals surface area contributed by atoms with E-state index < -0.39 is 5.54 Å². The van der Waals surface area contributed by atoms with Gasteiger partial charge in [-0.05, 0) is 44.4 Å². The third kappa shape index (κ3) is 3.23. The summed E-state index contributed by atoms with van der Waals surface area (Å²) in [6.07, 6.45) is 7.94. The van der Waals surface area contributed by atoms with Crippen molar-refractivity contribution in [2.75, 3.05) is 0 Å². The molecule has 2 saturated carbocycles. The van der Waals surface area contributed by atoms with Crippen molar-refractivity contribution in [2.24, 2.45) is 17.4 Å². The number of rotatable bonds is 2. The zero-order valence-corrected chi connectivity index (χ0v) is 11.5. The lowest BCUT2D eigenvalue weighted by atomic mass is 9.76. The molecular formula is C14H27N3O. The first-order valence-corrected chi connectivity index (χ1v) is 7.35. The van der Waals surface area contributed by atoms with E-state index in [4.69, 9.17) is 11.5 Å². The van der Waals surface area contributed by atoms with Crippen LogP contribution in [-0.4, -0.2) is 23.5 Å². The van der Waals surface area contributed by atoms with E-state index in [-0.39, 0.29) is 11.9 Å². The number of carbonyl (C=O) groups is 1. The molecule has 2 aliphatic rings. The van der Waals surface area contributed by atoms with Gasteiger partial charge >= 0.3 is 0 Å². The van der Waals surface area contributed by atoms with Gasteiger partial charge in [-0.2, -0.15) is 0 Å². The van der Waals surface area contributed by atoms with Gasteiger partial charge in [-0.25, -0.2) is 0 Å². The van der Waals surface area contributed by atoms with Crippen molar-refractivity contribution in [2.45, 2.75) is 75.9 Å². The molecule has 0 radical (unpaired) electrons. The van der Waals surface area contributed by atoms with E-state index >= 15 is 0 Å². The van der Waals surface area contributed by atoms with E-state index in [9.17, 15) is 4.79 Å². The average molecular weight is 253 g/mol. The van der Waals surface area contributed by atoms with Crippen LogP contribution in [0.5, 0.6) is 0 Å². The maximum Gasteiger partial charge on any atom is 0.240 e. The Morgan fingerprint density at radius 3 is 2.50 bits per heavy atom. The highest BCUT2D eigenvalue weighted by Crippen LogP contribution is 2.31. The molecule has 2 rings (SSSR count). The first kappa shape index (κ1) is 13.8. The van der Waals surface area contributed by atoms with Crippen LogP contribution in [0.2, 0.25) is 0 Å². The quantitative estimate of drug-likeness (QED) is 0.693. The fraction of sp³-hybridized carbons (Fsp3) is 0.929. The molecule has 2 unspecified atom stereocenters. The molecule has 5 N–H and O–H groups in total. The SMILES string of the molecule is CC1CCCC(N)(C(=O)NC2CCC(N)CC2)C1. The molecule has 4 heteroatoms. The molecule has 0 bridgehead atoms. The highest BCUT2D eigenvalue weighted by Gasteiger charge is 2.38. The second-order valence-corrected chi connectivity index (χ2v) is 6.44. The molecular weight excluding hydrogens is 226 g/mol. The topological polar surface area (TPSA) is 81.1 Å². The molecule has 0 aromatic carbocycles. The van der Waals surface area contributed by atoms with Crippen LogP contribution in [0, 0.1) is 5.92 Å². The van der Waals surface area contributed by atoms with Gasteiger partial charge in [0.05, 0.1) is 5.54 Å². The normalized spacial score (nSPS) is 41.4. The molecule has 1 amide bonds. The van der Waals surface area contributed by atoms with Crippen LogP contribution in [-0.2, 0) is 4.79 Å². The maximum atomic E-state index is 12.3. The lowest BCUT2D eigenvalue weighted by Gasteiger charge is -2.37. The fourth-order valence-electron chi connectivity index (χ4n) is 3.39. The van der Waals surface area contributed by atoms with Gasteiger partial charge in [-0.1, -0.05) is 19.8 Å². The van der Waals surface area contributed by atoms with E-state index in [1.165, 1.54) is 6.42 Å². The smallest absolute Gasteiger partial charge is 0.240 e. The van der Waals surface area contributed by atoms with Crippen LogP contribution in [0.25, 0.3) is 0 Å². The summed E-state index contributed by atoms with van der Waals surface area (Å²) in [5.41, 5.74) is 11.6. The third-order valence-electron chi connectivity index (χ3n) is 4.59. The van der Waals surface area contributed by atoms with E-state index in [0.29, 0.717) is 12.0 Å². The summed E-state index contributed by atoms with van der Waals surface area (Å²) in [6.45, 7) is 2.19. The average Bonchev–Trinajstić information content (AvgIpc) is 2.32. The van der Waals surface area contributed by atoms with Gasteiger partial charge in [-0.3, -0.25) is 4.79 Å². The third-order valence-corrected chi connectivity index (χ3v) is 4.59. The Balaban J connectivity index is 1.87. The standard InChI is InChI=1S/C14H27N3O/c1-10-3-2-8-14(16,9-10)13(18)17-12-6-4-11(15)5-7-12/h10-12H,2-9,15-16H2,1H3,(H,17,18). The second-order valence-electron chi connectivity index (χ2n) is 6.44. The summed E-state index contributed by atoms with van der Waals surface area (Å²) in [5.74, 6) is 0.629. The number of carbonyl (C=O) groups excluding carboxylic acids is 1. The van der Waals surface area contributed by atoms with Gasteiger partial charge in [0.1, 0.15) is 0 Å². The summed E-state index contributed by atoms with van der Waals surface area (Å²) in [5, 5.41) is 3.15. The molecule has 0 heterocycles. The van der Waals surface area contributed by atoms with E-state index in [2.05, 4.69) is 12.2 Å². The highest BCUT2D eigenvalue weighted by atomic mass is 16.2. The minimum atomic E-state index is -0.628. The van der Waals surface area contributed by atoms with Gasteiger partial charge in [0.2, 0.25) is 5.91 Å². The minimum absolute atomic E-state index is 0.0644. The minimum Gasteiger partial charge on any atom is -0.352 e. The molecule has 2 fully saturated rings. The number of nitrogens with two attached hydrogens (primary N) is 2. The second kappa shape index (κ2) is 5.57. The van der Waals surface area contributed by atoms with Crippen molar-refractivity contribution in [3.8, 4) is 0 Å². The van der Waals surface area contributed by atoms with Crippen molar-refractivity contribution >= 4 is 5.91 Å². The van der Waals surface area contributed by atoms with Crippen molar-refractivity contribution in [1.82, 2.24) is 5.32 Å². The van der Waals surface area contributed by atoms with Crippen molar-refractivity contribution in [3.63, 3.8) is 0 Å². The van der Waals surface area contributed by atoms with Crippen LogP contribution in [0.1, 0.15) is 58.3 Å².